The largest absolute Gasteiger partial charge is 0.327 e. The van der Waals surface area contributed by atoms with Crippen molar-refractivity contribution >= 4 is 0 Å². The minimum atomic E-state index is 0.359. The van der Waals surface area contributed by atoms with Crippen LogP contribution in [0.2, 0.25) is 0 Å². The van der Waals surface area contributed by atoms with Gasteiger partial charge in [0, 0.05) is 18.4 Å². The molecule has 86 valence electrons. The van der Waals surface area contributed by atoms with Gasteiger partial charge in [0.2, 0.25) is 0 Å². The number of nitrogens with two attached hydrogens (primary N) is 1. The first kappa shape index (κ1) is 10.3. The van der Waals surface area contributed by atoms with Crippen molar-refractivity contribution < 1.29 is 0 Å². The second kappa shape index (κ2) is 4.17. The fourth-order valence-corrected chi connectivity index (χ4v) is 3.76. The molecule has 16 heavy (non-hydrogen) atoms. The van der Waals surface area contributed by atoms with Crippen molar-refractivity contribution in [2.24, 2.45) is 23.5 Å². The molecule has 0 spiro atoms. The smallest absolute Gasteiger partial charge is 0.0270 e. The van der Waals surface area contributed by atoms with Crippen molar-refractivity contribution in [1.29, 1.82) is 0 Å². The number of fused-ring (bicyclic) bond motifs is 2. The molecule has 0 radical (unpaired) electrons. The van der Waals surface area contributed by atoms with Crippen LogP contribution in [0, 0.1) is 17.8 Å². The molecule has 2 fully saturated rings. The quantitative estimate of drug-likeness (QED) is 0.842. The normalized spacial score (nSPS) is 34.2. The highest BCUT2D eigenvalue weighted by atomic mass is 14.7. The summed E-state index contributed by atoms with van der Waals surface area (Å²) < 4.78 is 0. The Kier molecular flexibility index (Phi) is 2.68. The average molecular weight is 216 g/mol. The van der Waals surface area contributed by atoms with Crippen LogP contribution < -0.4 is 5.73 Å². The highest BCUT2D eigenvalue weighted by Gasteiger charge is 2.41. The van der Waals surface area contributed by atoms with E-state index in [4.69, 9.17) is 5.73 Å². The molecular weight excluding hydrogens is 196 g/mol. The Morgan fingerprint density at radius 1 is 1.25 bits per heavy atom. The molecule has 2 saturated carbocycles. The number of nitrogens with zero attached hydrogens (tertiary/aromatic N) is 1. The summed E-state index contributed by atoms with van der Waals surface area (Å²) in [7, 11) is 0. The van der Waals surface area contributed by atoms with E-state index in [2.05, 4.69) is 17.1 Å². The van der Waals surface area contributed by atoms with E-state index in [0.29, 0.717) is 6.04 Å². The molecule has 2 aliphatic carbocycles. The minimum Gasteiger partial charge on any atom is -0.327 e. The van der Waals surface area contributed by atoms with Crippen LogP contribution in [0.3, 0.4) is 0 Å². The van der Waals surface area contributed by atoms with E-state index >= 15 is 0 Å². The van der Waals surface area contributed by atoms with Gasteiger partial charge < -0.3 is 5.73 Å². The summed E-state index contributed by atoms with van der Waals surface area (Å²) in [5.41, 5.74) is 7.72. The second-order valence-electron chi connectivity index (χ2n) is 5.56. The van der Waals surface area contributed by atoms with Gasteiger partial charge in [-0.2, -0.15) is 0 Å². The Labute approximate surface area is 97.3 Å². The SMILES string of the molecule is NC(Cc1ccncc1)C1CC2CCC1C2. The van der Waals surface area contributed by atoms with Crippen LogP contribution >= 0.6 is 0 Å². The topological polar surface area (TPSA) is 38.9 Å². The molecule has 0 aromatic carbocycles. The molecule has 0 saturated heterocycles. The Bertz CT molecular complexity index is 349. The maximum Gasteiger partial charge on any atom is 0.0270 e. The zero-order valence-electron chi connectivity index (χ0n) is 9.68. The summed E-state index contributed by atoms with van der Waals surface area (Å²) in [6, 6.07) is 4.54. The van der Waals surface area contributed by atoms with Gasteiger partial charge in [0.05, 0.1) is 0 Å². The molecule has 4 unspecified atom stereocenters. The van der Waals surface area contributed by atoms with Gasteiger partial charge in [-0.25, -0.2) is 0 Å². The van der Waals surface area contributed by atoms with E-state index < -0.39 is 0 Å². The Morgan fingerprint density at radius 2 is 2.06 bits per heavy atom. The predicted octanol–water partition coefficient (Wildman–Crippen LogP) is 2.39. The predicted molar refractivity (Wildman–Crippen MR) is 64.9 cm³/mol. The Balaban J connectivity index is 1.64. The van der Waals surface area contributed by atoms with Gasteiger partial charge >= 0.3 is 0 Å². The lowest BCUT2D eigenvalue weighted by Crippen LogP contribution is -2.35. The Hall–Kier alpha value is -0.890. The molecule has 2 heteroatoms. The summed E-state index contributed by atoms with van der Waals surface area (Å²) in [6.07, 6.45) is 10.5. The molecule has 1 heterocycles. The zero-order chi connectivity index (χ0) is 11.0. The monoisotopic (exact) mass is 216 g/mol. The van der Waals surface area contributed by atoms with Gasteiger partial charge in [-0.1, -0.05) is 6.42 Å². The first-order valence-corrected chi connectivity index (χ1v) is 6.47. The number of hydrogen-bond acceptors (Lipinski definition) is 2. The Morgan fingerprint density at radius 3 is 2.69 bits per heavy atom. The van der Waals surface area contributed by atoms with Crippen LogP contribution in [0.5, 0.6) is 0 Å². The number of rotatable bonds is 3. The van der Waals surface area contributed by atoms with Gasteiger partial charge in [-0.05, 0) is 61.1 Å². The lowest BCUT2D eigenvalue weighted by atomic mass is 9.81. The van der Waals surface area contributed by atoms with Gasteiger partial charge in [0.1, 0.15) is 0 Å². The van der Waals surface area contributed by atoms with Gasteiger partial charge in [0.25, 0.3) is 0 Å². The molecular formula is C14H20N2. The molecule has 2 aliphatic rings. The van der Waals surface area contributed by atoms with E-state index in [1.54, 1.807) is 0 Å². The van der Waals surface area contributed by atoms with Crippen molar-refractivity contribution in [3.8, 4) is 0 Å². The van der Waals surface area contributed by atoms with Crippen LogP contribution in [0.1, 0.15) is 31.2 Å². The number of pyridine rings is 1. The van der Waals surface area contributed by atoms with E-state index in [9.17, 15) is 0 Å². The molecule has 0 amide bonds. The third kappa shape index (κ3) is 1.86. The maximum absolute atomic E-state index is 6.38. The summed E-state index contributed by atoms with van der Waals surface area (Å²) in [5, 5.41) is 0. The molecule has 1 aromatic heterocycles. The van der Waals surface area contributed by atoms with Crippen LogP contribution in [-0.2, 0) is 6.42 Å². The van der Waals surface area contributed by atoms with Crippen molar-refractivity contribution in [2.45, 2.75) is 38.1 Å². The lowest BCUT2D eigenvalue weighted by molar-refractivity contribution is 0.280. The van der Waals surface area contributed by atoms with Crippen molar-refractivity contribution in [3.63, 3.8) is 0 Å². The molecule has 1 aromatic rings. The van der Waals surface area contributed by atoms with Gasteiger partial charge in [0.15, 0.2) is 0 Å². The highest BCUT2D eigenvalue weighted by molar-refractivity contribution is 5.12. The lowest BCUT2D eigenvalue weighted by Gasteiger charge is -2.27. The first-order valence-electron chi connectivity index (χ1n) is 6.47. The molecule has 4 atom stereocenters. The molecule has 0 aliphatic heterocycles. The number of hydrogen-bond donors (Lipinski definition) is 1. The van der Waals surface area contributed by atoms with E-state index in [1.807, 2.05) is 12.4 Å². The van der Waals surface area contributed by atoms with Crippen molar-refractivity contribution in [3.05, 3.63) is 30.1 Å². The fourth-order valence-electron chi connectivity index (χ4n) is 3.76. The van der Waals surface area contributed by atoms with Gasteiger partial charge in [-0.3, -0.25) is 4.98 Å². The molecule has 2 nitrogen and oxygen atoms in total. The zero-order valence-corrected chi connectivity index (χ0v) is 9.68. The summed E-state index contributed by atoms with van der Waals surface area (Å²) in [5.74, 6) is 2.72. The van der Waals surface area contributed by atoms with Crippen LogP contribution in [0.4, 0.5) is 0 Å². The minimum absolute atomic E-state index is 0.359. The van der Waals surface area contributed by atoms with Crippen LogP contribution in [0.15, 0.2) is 24.5 Å². The molecule has 2 bridgehead atoms. The molecule has 3 rings (SSSR count). The molecule has 2 N–H and O–H groups in total. The fraction of sp³-hybridized carbons (Fsp3) is 0.643. The van der Waals surface area contributed by atoms with Crippen molar-refractivity contribution in [1.82, 2.24) is 4.98 Å². The highest BCUT2D eigenvalue weighted by Crippen LogP contribution is 2.49. The van der Waals surface area contributed by atoms with E-state index in [-0.39, 0.29) is 0 Å². The van der Waals surface area contributed by atoms with E-state index in [1.165, 1.54) is 31.2 Å². The van der Waals surface area contributed by atoms with Crippen LogP contribution in [0.25, 0.3) is 0 Å². The average Bonchev–Trinajstić information content (AvgIpc) is 2.92. The standard InChI is InChI=1S/C14H20N2/c15-14(9-10-3-5-16-6-4-10)13-8-11-1-2-12(13)7-11/h3-6,11-14H,1-2,7-9,15H2. The summed E-state index contributed by atoms with van der Waals surface area (Å²) >= 11 is 0. The second-order valence-corrected chi connectivity index (χ2v) is 5.56. The van der Waals surface area contributed by atoms with Gasteiger partial charge in [-0.15, -0.1) is 0 Å². The van der Waals surface area contributed by atoms with Crippen molar-refractivity contribution in [2.75, 3.05) is 0 Å². The first-order chi connectivity index (χ1) is 7.83. The third-order valence-electron chi connectivity index (χ3n) is 4.56. The van der Waals surface area contributed by atoms with E-state index in [0.717, 1.165) is 24.2 Å². The third-order valence-corrected chi connectivity index (χ3v) is 4.56. The number of aromatic nitrogens is 1. The van der Waals surface area contributed by atoms with Crippen LogP contribution in [-0.4, -0.2) is 11.0 Å². The summed E-state index contributed by atoms with van der Waals surface area (Å²) in [4.78, 5) is 4.05. The maximum atomic E-state index is 6.38. The summed E-state index contributed by atoms with van der Waals surface area (Å²) in [6.45, 7) is 0.